The van der Waals surface area contributed by atoms with Crippen molar-refractivity contribution >= 4 is 11.7 Å². The molecule has 0 atom stereocenters. The number of anilines is 1. The van der Waals surface area contributed by atoms with E-state index in [1.165, 1.54) is 0 Å². The average Bonchev–Trinajstić information content (AvgIpc) is 2.05. The van der Waals surface area contributed by atoms with Crippen molar-refractivity contribution in [2.75, 3.05) is 11.9 Å². The zero-order valence-corrected chi connectivity index (χ0v) is 6.79. The van der Waals surface area contributed by atoms with Crippen LogP contribution in [0, 0.1) is 6.07 Å². The number of carbonyl (C=O) groups excluding carboxylic acids is 1. The molecule has 1 aromatic heterocycles. The molecular weight excluding hydrogens is 154 g/mol. The maximum Gasteiger partial charge on any atom is 0.268 e. The molecular formula is C8H10N3O. The van der Waals surface area contributed by atoms with Gasteiger partial charge in [-0.25, -0.2) is 4.98 Å². The Balaban J connectivity index is 2.88. The zero-order chi connectivity index (χ0) is 8.97. The minimum Gasteiger partial charge on any atom is -0.370 e. The van der Waals surface area contributed by atoms with Gasteiger partial charge >= 0.3 is 0 Å². The molecule has 3 N–H and O–H groups in total. The maximum absolute atomic E-state index is 10.7. The second-order valence-electron chi connectivity index (χ2n) is 2.22. The van der Waals surface area contributed by atoms with Gasteiger partial charge in [0.25, 0.3) is 5.91 Å². The summed E-state index contributed by atoms with van der Waals surface area (Å²) in [5.41, 5.74) is 5.18. The predicted octanol–water partition coefficient (Wildman–Crippen LogP) is 0.412. The molecule has 1 radical (unpaired) electrons. The number of carbonyl (C=O) groups is 1. The van der Waals surface area contributed by atoms with Crippen LogP contribution in [0.15, 0.2) is 12.1 Å². The minimum absolute atomic E-state index is 0.161. The first-order chi connectivity index (χ1) is 5.74. The lowest BCUT2D eigenvalue weighted by atomic mass is 10.3. The summed E-state index contributed by atoms with van der Waals surface area (Å²) in [4.78, 5) is 14.6. The second kappa shape index (κ2) is 3.71. The SMILES string of the molecule is CCNc1cc[c]c(C(N)=O)n1. The Labute approximate surface area is 70.8 Å². The number of nitrogens with two attached hydrogens (primary N) is 1. The molecule has 1 aromatic rings. The molecule has 0 fully saturated rings. The molecule has 0 aliphatic heterocycles. The smallest absolute Gasteiger partial charge is 0.268 e. The predicted molar refractivity (Wildman–Crippen MR) is 45.8 cm³/mol. The van der Waals surface area contributed by atoms with Crippen molar-refractivity contribution in [2.24, 2.45) is 5.73 Å². The number of nitrogens with zero attached hydrogens (tertiary/aromatic N) is 1. The van der Waals surface area contributed by atoms with Crippen LogP contribution in [0.2, 0.25) is 0 Å². The molecule has 4 heteroatoms. The average molecular weight is 164 g/mol. The van der Waals surface area contributed by atoms with Gasteiger partial charge in [0, 0.05) is 12.6 Å². The number of pyridine rings is 1. The van der Waals surface area contributed by atoms with Crippen molar-refractivity contribution < 1.29 is 4.79 Å². The third-order valence-corrected chi connectivity index (χ3v) is 1.28. The fourth-order valence-corrected chi connectivity index (χ4v) is 0.795. The Morgan fingerprint density at radius 3 is 3.17 bits per heavy atom. The lowest BCUT2D eigenvalue weighted by molar-refractivity contribution is 0.0995. The van der Waals surface area contributed by atoms with Crippen molar-refractivity contribution in [3.63, 3.8) is 0 Å². The van der Waals surface area contributed by atoms with Gasteiger partial charge in [0.15, 0.2) is 0 Å². The fourth-order valence-electron chi connectivity index (χ4n) is 0.795. The lowest BCUT2D eigenvalue weighted by Crippen LogP contribution is -2.14. The summed E-state index contributed by atoms with van der Waals surface area (Å²) >= 11 is 0. The van der Waals surface area contributed by atoms with Gasteiger partial charge in [0.05, 0.1) is 0 Å². The van der Waals surface area contributed by atoms with E-state index in [-0.39, 0.29) is 5.69 Å². The normalized spacial score (nSPS) is 9.42. The number of hydrogen-bond acceptors (Lipinski definition) is 3. The molecule has 4 nitrogen and oxygen atoms in total. The molecule has 1 amide bonds. The van der Waals surface area contributed by atoms with E-state index < -0.39 is 5.91 Å². The first-order valence-electron chi connectivity index (χ1n) is 3.66. The molecule has 0 aliphatic rings. The Morgan fingerprint density at radius 1 is 1.83 bits per heavy atom. The van der Waals surface area contributed by atoms with Gasteiger partial charge in [-0.15, -0.1) is 0 Å². The van der Waals surface area contributed by atoms with Crippen LogP contribution in [0.3, 0.4) is 0 Å². The van der Waals surface area contributed by atoms with Crippen molar-refractivity contribution in [3.8, 4) is 0 Å². The van der Waals surface area contributed by atoms with Crippen LogP contribution in [-0.2, 0) is 0 Å². The third-order valence-electron chi connectivity index (χ3n) is 1.28. The topological polar surface area (TPSA) is 68.0 Å². The quantitative estimate of drug-likeness (QED) is 0.680. The van der Waals surface area contributed by atoms with Crippen LogP contribution in [0.4, 0.5) is 5.82 Å². The molecule has 12 heavy (non-hydrogen) atoms. The second-order valence-corrected chi connectivity index (χ2v) is 2.22. The fraction of sp³-hybridized carbons (Fsp3) is 0.250. The largest absolute Gasteiger partial charge is 0.370 e. The van der Waals surface area contributed by atoms with E-state index >= 15 is 0 Å². The van der Waals surface area contributed by atoms with Crippen LogP contribution in [0.5, 0.6) is 0 Å². The first-order valence-corrected chi connectivity index (χ1v) is 3.66. The Bertz CT molecular complexity index is 285. The minimum atomic E-state index is -0.560. The molecule has 1 heterocycles. The molecule has 0 saturated heterocycles. The molecule has 0 aromatic carbocycles. The monoisotopic (exact) mass is 164 g/mol. The Morgan fingerprint density at radius 2 is 2.58 bits per heavy atom. The summed E-state index contributed by atoms with van der Waals surface area (Å²) in [6.07, 6.45) is 0. The molecule has 63 valence electrons. The number of aromatic nitrogens is 1. The first kappa shape index (κ1) is 8.52. The molecule has 0 spiro atoms. The van der Waals surface area contributed by atoms with Gasteiger partial charge in [0.1, 0.15) is 11.5 Å². The van der Waals surface area contributed by atoms with E-state index in [0.29, 0.717) is 5.82 Å². The number of hydrogen-bond donors (Lipinski definition) is 2. The van der Waals surface area contributed by atoms with E-state index in [1.807, 2.05) is 6.92 Å². The van der Waals surface area contributed by atoms with Crippen molar-refractivity contribution in [1.29, 1.82) is 0 Å². The van der Waals surface area contributed by atoms with E-state index in [9.17, 15) is 4.79 Å². The molecule has 0 bridgehead atoms. The Kier molecular flexibility index (Phi) is 2.63. The lowest BCUT2D eigenvalue weighted by Gasteiger charge is -2.01. The summed E-state index contributed by atoms with van der Waals surface area (Å²) in [6.45, 7) is 2.71. The zero-order valence-electron chi connectivity index (χ0n) is 6.79. The number of nitrogens with one attached hydrogen (secondary N) is 1. The van der Waals surface area contributed by atoms with Crippen LogP contribution >= 0.6 is 0 Å². The maximum atomic E-state index is 10.7. The van der Waals surface area contributed by atoms with E-state index in [2.05, 4.69) is 16.4 Å². The van der Waals surface area contributed by atoms with Crippen molar-refractivity contribution in [2.45, 2.75) is 6.92 Å². The highest BCUT2D eigenvalue weighted by molar-refractivity contribution is 5.90. The number of rotatable bonds is 3. The Hall–Kier alpha value is -1.58. The van der Waals surface area contributed by atoms with Crippen LogP contribution in [-0.4, -0.2) is 17.4 Å². The highest BCUT2D eigenvalue weighted by Gasteiger charge is 2.01. The van der Waals surface area contributed by atoms with Gasteiger partial charge in [-0.2, -0.15) is 0 Å². The summed E-state index contributed by atoms with van der Waals surface area (Å²) < 4.78 is 0. The van der Waals surface area contributed by atoms with Crippen molar-refractivity contribution in [3.05, 3.63) is 23.9 Å². The van der Waals surface area contributed by atoms with Crippen LogP contribution < -0.4 is 11.1 Å². The number of primary amides is 1. The van der Waals surface area contributed by atoms with Crippen LogP contribution in [0.25, 0.3) is 0 Å². The van der Waals surface area contributed by atoms with E-state index in [0.717, 1.165) is 6.54 Å². The summed E-state index contributed by atoms with van der Waals surface area (Å²) in [6, 6.07) is 5.99. The van der Waals surface area contributed by atoms with Gasteiger partial charge in [-0.05, 0) is 19.1 Å². The number of amides is 1. The summed E-state index contributed by atoms with van der Waals surface area (Å²) in [5, 5.41) is 2.96. The summed E-state index contributed by atoms with van der Waals surface area (Å²) in [5.74, 6) is 0.0832. The van der Waals surface area contributed by atoms with Gasteiger partial charge in [-0.1, -0.05) is 0 Å². The molecule has 0 saturated carbocycles. The summed E-state index contributed by atoms with van der Waals surface area (Å²) in [7, 11) is 0. The standard InChI is InChI=1S/C8H10N3O/c1-2-10-7-5-3-4-6(11-7)8(9)12/h3,5H,2H2,1H3,(H2,9,12)(H,10,11). The van der Waals surface area contributed by atoms with E-state index in [1.54, 1.807) is 12.1 Å². The molecule has 0 unspecified atom stereocenters. The van der Waals surface area contributed by atoms with Gasteiger partial charge < -0.3 is 11.1 Å². The van der Waals surface area contributed by atoms with Gasteiger partial charge in [-0.3, -0.25) is 4.79 Å². The van der Waals surface area contributed by atoms with Gasteiger partial charge in [0.2, 0.25) is 0 Å². The van der Waals surface area contributed by atoms with E-state index in [4.69, 9.17) is 5.73 Å². The highest BCUT2D eigenvalue weighted by atomic mass is 16.1. The highest BCUT2D eigenvalue weighted by Crippen LogP contribution is 2.02. The van der Waals surface area contributed by atoms with Crippen LogP contribution in [0.1, 0.15) is 17.4 Å². The van der Waals surface area contributed by atoms with Crippen molar-refractivity contribution in [1.82, 2.24) is 4.98 Å². The molecule has 1 rings (SSSR count). The third kappa shape index (κ3) is 1.95. The molecule has 0 aliphatic carbocycles.